The predicted molar refractivity (Wildman–Crippen MR) is 60.7 cm³/mol. The van der Waals surface area contributed by atoms with Gasteiger partial charge in [0.15, 0.2) is 0 Å². The Kier molecular flexibility index (Phi) is 10.9. The van der Waals surface area contributed by atoms with Crippen molar-refractivity contribution in [1.29, 1.82) is 0 Å². The predicted octanol–water partition coefficient (Wildman–Crippen LogP) is 3.42. The Morgan fingerprint density at radius 2 is 1.54 bits per heavy atom. The maximum absolute atomic E-state index is 5.37. The van der Waals surface area contributed by atoms with Crippen molar-refractivity contribution in [3.05, 3.63) is 24.3 Å². The summed E-state index contributed by atoms with van der Waals surface area (Å²) in [7, 11) is 0. The first-order valence-electron chi connectivity index (χ1n) is 5.43. The summed E-state index contributed by atoms with van der Waals surface area (Å²) in [5.41, 5.74) is 5.37. The van der Waals surface area contributed by atoms with E-state index < -0.39 is 0 Å². The fraction of sp³-hybridized carbons (Fsp3) is 0.667. The SMILES string of the molecule is CCCCC/C=C/C=C/CCCN. The number of nitrogens with two attached hydrogens (primary N) is 1. The zero-order valence-corrected chi connectivity index (χ0v) is 8.84. The van der Waals surface area contributed by atoms with Gasteiger partial charge in [-0.2, -0.15) is 0 Å². The Hall–Kier alpha value is -0.560. The van der Waals surface area contributed by atoms with Crippen molar-refractivity contribution in [1.82, 2.24) is 0 Å². The molecule has 0 aliphatic carbocycles. The molecule has 0 aliphatic heterocycles. The lowest BCUT2D eigenvalue weighted by molar-refractivity contribution is 0.729. The van der Waals surface area contributed by atoms with E-state index in [1.807, 2.05) is 0 Å². The summed E-state index contributed by atoms with van der Waals surface area (Å²) >= 11 is 0. The number of allylic oxidation sites excluding steroid dienone is 4. The van der Waals surface area contributed by atoms with Crippen LogP contribution in [0.2, 0.25) is 0 Å². The van der Waals surface area contributed by atoms with E-state index in [0.717, 1.165) is 19.4 Å². The molecule has 76 valence electrons. The van der Waals surface area contributed by atoms with Crippen molar-refractivity contribution in [2.45, 2.75) is 45.4 Å². The molecule has 0 spiro atoms. The van der Waals surface area contributed by atoms with Gasteiger partial charge in [0.05, 0.1) is 0 Å². The van der Waals surface area contributed by atoms with Crippen LogP contribution in [0.1, 0.15) is 45.4 Å². The topological polar surface area (TPSA) is 26.0 Å². The lowest BCUT2D eigenvalue weighted by atomic mass is 10.2. The molecule has 0 fully saturated rings. The van der Waals surface area contributed by atoms with Gasteiger partial charge in [0.2, 0.25) is 0 Å². The third-order valence-electron chi connectivity index (χ3n) is 1.93. The van der Waals surface area contributed by atoms with Gasteiger partial charge in [0.1, 0.15) is 0 Å². The normalized spacial score (nSPS) is 11.8. The van der Waals surface area contributed by atoms with Crippen molar-refractivity contribution >= 4 is 0 Å². The molecule has 0 rings (SSSR count). The molecule has 13 heavy (non-hydrogen) atoms. The van der Waals surface area contributed by atoms with Gasteiger partial charge in [0.25, 0.3) is 0 Å². The molecule has 1 heteroatoms. The Morgan fingerprint density at radius 1 is 0.923 bits per heavy atom. The largest absolute Gasteiger partial charge is 0.330 e. The Bertz CT molecular complexity index is 136. The van der Waals surface area contributed by atoms with Crippen LogP contribution in [0.15, 0.2) is 24.3 Å². The van der Waals surface area contributed by atoms with Gasteiger partial charge in [-0.1, -0.05) is 44.1 Å². The quantitative estimate of drug-likeness (QED) is 0.450. The first-order chi connectivity index (χ1) is 6.41. The van der Waals surface area contributed by atoms with Gasteiger partial charge in [-0.3, -0.25) is 0 Å². The molecule has 0 bridgehead atoms. The molecule has 0 unspecified atom stereocenters. The standard InChI is InChI=1S/C12H23N/c1-2-3-4-5-6-7-8-9-10-11-12-13/h6-9H,2-5,10-13H2,1H3/b7-6+,9-8+. The minimum absolute atomic E-state index is 0.796. The molecule has 0 radical (unpaired) electrons. The molecule has 0 saturated carbocycles. The molecule has 0 aromatic rings. The summed E-state index contributed by atoms with van der Waals surface area (Å²) in [6.45, 7) is 3.03. The average Bonchev–Trinajstić information content (AvgIpc) is 2.16. The molecular weight excluding hydrogens is 158 g/mol. The van der Waals surface area contributed by atoms with Crippen LogP contribution in [0.4, 0.5) is 0 Å². The van der Waals surface area contributed by atoms with Gasteiger partial charge < -0.3 is 5.73 Å². The second-order valence-electron chi connectivity index (χ2n) is 3.28. The smallest absolute Gasteiger partial charge is 0.00743 e. The van der Waals surface area contributed by atoms with Crippen molar-refractivity contribution in [2.24, 2.45) is 5.73 Å². The second kappa shape index (κ2) is 11.4. The van der Waals surface area contributed by atoms with E-state index in [1.165, 1.54) is 25.7 Å². The highest BCUT2D eigenvalue weighted by Gasteiger charge is 1.80. The molecule has 2 N–H and O–H groups in total. The summed E-state index contributed by atoms with van der Waals surface area (Å²) in [5.74, 6) is 0. The Balaban J connectivity index is 3.15. The number of hydrogen-bond acceptors (Lipinski definition) is 1. The maximum Gasteiger partial charge on any atom is -0.00743 e. The van der Waals surface area contributed by atoms with E-state index in [0.29, 0.717) is 0 Å². The summed E-state index contributed by atoms with van der Waals surface area (Å²) in [6.07, 6.45) is 16.1. The monoisotopic (exact) mass is 181 g/mol. The first kappa shape index (κ1) is 12.4. The second-order valence-corrected chi connectivity index (χ2v) is 3.28. The minimum Gasteiger partial charge on any atom is -0.330 e. The maximum atomic E-state index is 5.37. The van der Waals surface area contributed by atoms with E-state index in [-0.39, 0.29) is 0 Å². The highest BCUT2D eigenvalue weighted by atomic mass is 14.5. The summed E-state index contributed by atoms with van der Waals surface area (Å²) < 4.78 is 0. The molecule has 0 aliphatic rings. The van der Waals surface area contributed by atoms with E-state index >= 15 is 0 Å². The molecule has 0 heterocycles. The highest BCUT2D eigenvalue weighted by molar-refractivity contribution is 5.02. The highest BCUT2D eigenvalue weighted by Crippen LogP contribution is 1.99. The fourth-order valence-electron chi connectivity index (χ4n) is 1.10. The van der Waals surface area contributed by atoms with Gasteiger partial charge in [-0.25, -0.2) is 0 Å². The van der Waals surface area contributed by atoms with Gasteiger partial charge in [0, 0.05) is 0 Å². The zero-order valence-electron chi connectivity index (χ0n) is 8.84. The molecule has 0 amide bonds. The Labute approximate surface area is 82.7 Å². The van der Waals surface area contributed by atoms with Crippen LogP contribution < -0.4 is 5.73 Å². The Morgan fingerprint density at radius 3 is 2.08 bits per heavy atom. The fourth-order valence-corrected chi connectivity index (χ4v) is 1.10. The van der Waals surface area contributed by atoms with Gasteiger partial charge >= 0.3 is 0 Å². The third-order valence-corrected chi connectivity index (χ3v) is 1.93. The van der Waals surface area contributed by atoms with Crippen molar-refractivity contribution < 1.29 is 0 Å². The average molecular weight is 181 g/mol. The zero-order chi connectivity index (χ0) is 9.78. The molecule has 0 atom stereocenters. The number of rotatable bonds is 8. The van der Waals surface area contributed by atoms with Crippen LogP contribution >= 0.6 is 0 Å². The number of unbranched alkanes of at least 4 members (excludes halogenated alkanes) is 4. The molecule has 0 aromatic carbocycles. The first-order valence-corrected chi connectivity index (χ1v) is 5.43. The minimum atomic E-state index is 0.796. The van der Waals surface area contributed by atoms with Crippen LogP contribution in [0.5, 0.6) is 0 Å². The van der Waals surface area contributed by atoms with Crippen molar-refractivity contribution in [2.75, 3.05) is 6.54 Å². The summed E-state index contributed by atoms with van der Waals surface area (Å²) in [4.78, 5) is 0. The molecule has 0 aromatic heterocycles. The summed E-state index contributed by atoms with van der Waals surface area (Å²) in [5, 5.41) is 0. The van der Waals surface area contributed by atoms with E-state index in [1.54, 1.807) is 0 Å². The lowest BCUT2D eigenvalue weighted by Crippen LogP contribution is -1.96. The number of hydrogen-bond donors (Lipinski definition) is 1. The van der Waals surface area contributed by atoms with Crippen LogP contribution in [0.3, 0.4) is 0 Å². The molecule has 0 saturated heterocycles. The van der Waals surface area contributed by atoms with Crippen molar-refractivity contribution in [3.63, 3.8) is 0 Å². The van der Waals surface area contributed by atoms with Crippen molar-refractivity contribution in [3.8, 4) is 0 Å². The van der Waals surface area contributed by atoms with E-state index in [2.05, 4.69) is 31.2 Å². The molecular formula is C12H23N. The van der Waals surface area contributed by atoms with Crippen LogP contribution in [-0.4, -0.2) is 6.54 Å². The van der Waals surface area contributed by atoms with Gasteiger partial charge in [-0.15, -0.1) is 0 Å². The summed E-state index contributed by atoms with van der Waals surface area (Å²) in [6, 6.07) is 0. The van der Waals surface area contributed by atoms with E-state index in [9.17, 15) is 0 Å². The van der Waals surface area contributed by atoms with Crippen LogP contribution in [0, 0.1) is 0 Å². The molecule has 1 nitrogen and oxygen atoms in total. The van der Waals surface area contributed by atoms with Crippen LogP contribution in [0.25, 0.3) is 0 Å². The van der Waals surface area contributed by atoms with Crippen LogP contribution in [-0.2, 0) is 0 Å². The van der Waals surface area contributed by atoms with Gasteiger partial charge in [-0.05, 0) is 32.2 Å². The lowest BCUT2D eigenvalue weighted by Gasteiger charge is -1.90. The third kappa shape index (κ3) is 11.4. The van der Waals surface area contributed by atoms with E-state index in [4.69, 9.17) is 5.73 Å².